The third-order valence-corrected chi connectivity index (χ3v) is 4.56. The van der Waals surface area contributed by atoms with Gasteiger partial charge in [-0.25, -0.2) is 13.2 Å². The number of hydrogen-bond acceptors (Lipinski definition) is 6. The third-order valence-electron chi connectivity index (χ3n) is 4.56. The van der Waals surface area contributed by atoms with Gasteiger partial charge in [-0.05, 0) is 43.5 Å². The van der Waals surface area contributed by atoms with Crippen LogP contribution < -0.4 is 5.32 Å². The van der Waals surface area contributed by atoms with Gasteiger partial charge in [-0.15, -0.1) is 0 Å². The summed E-state index contributed by atoms with van der Waals surface area (Å²) in [5.74, 6) is -1.89. The molecule has 1 aliphatic heterocycles. The number of allylic oxidation sites excluding steroid dienone is 3. The minimum Gasteiger partial charge on any atom is -0.502 e. The molecule has 1 fully saturated rings. The van der Waals surface area contributed by atoms with Gasteiger partial charge in [-0.3, -0.25) is 0 Å². The first-order chi connectivity index (χ1) is 17.3. The number of methoxy groups -OCH3 is 1. The van der Waals surface area contributed by atoms with Crippen molar-refractivity contribution in [3.8, 4) is 0 Å². The molecule has 0 bridgehead atoms. The molecule has 1 heterocycles. The lowest BCUT2D eigenvalue weighted by atomic mass is 10.1. The molecule has 2 unspecified atom stereocenters. The molecule has 2 atom stereocenters. The maximum absolute atomic E-state index is 14.2. The summed E-state index contributed by atoms with van der Waals surface area (Å²) in [6.45, 7) is 14.7. The Bertz CT molecular complexity index is 857. The number of carbonyl (C=O) groups is 2. The maximum atomic E-state index is 14.2. The fourth-order valence-electron chi connectivity index (χ4n) is 3.05. The first kappa shape index (κ1) is 34.8. The Labute approximate surface area is 212 Å². The summed E-state index contributed by atoms with van der Waals surface area (Å²) in [6.07, 6.45) is 6.81. The highest BCUT2D eigenvalue weighted by molar-refractivity contribution is 5.56. The van der Waals surface area contributed by atoms with Crippen LogP contribution >= 0.6 is 0 Å². The number of anilines is 1. The SMILES string of the molecule is C=C(Nc1ccc(F)c(F)c1)C(/C=C\C)=C/C(=C/OC)N1CCCC(O)C(F)C1.C=O.C=O.CCC. The van der Waals surface area contributed by atoms with E-state index in [0.717, 1.165) is 12.1 Å². The molecule has 36 heavy (non-hydrogen) atoms. The van der Waals surface area contributed by atoms with Gasteiger partial charge < -0.3 is 29.6 Å². The van der Waals surface area contributed by atoms with E-state index in [1.54, 1.807) is 23.1 Å². The van der Waals surface area contributed by atoms with Gasteiger partial charge in [0.25, 0.3) is 0 Å². The van der Waals surface area contributed by atoms with E-state index in [1.165, 1.54) is 25.9 Å². The largest absolute Gasteiger partial charge is 0.502 e. The van der Waals surface area contributed by atoms with Crippen LogP contribution in [0.5, 0.6) is 0 Å². The van der Waals surface area contributed by atoms with Crippen molar-refractivity contribution in [3.05, 3.63) is 77.9 Å². The van der Waals surface area contributed by atoms with Crippen molar-refractivity contribution in [1.82, 2.24) is 4.90 Å². The Balaban J connectivity index is 0. The van der Waals surface area contributed by atoms with Gasteiger partial charge in [0.2, 0.25) is 0 Å². The summed E-state index contributed by atoms with van der Waals surface area (Å²) in [4.78, 5) is 17.8. The summed E-state index contributed by atoms with van der Waals surface area (Å²) >= 11 is 0. The number of halogens is 3. The molecule has 1 aliphatic rings. The van der Waals surface area contributed by atoms with Gasteiger partial charge in [0, 0.05) is 24.0 Å². The fraction of sp³-hybridized carbons (Fsp3) is 0.407. The van der Waals surface area contributed by atoms with E-state index >= 15 is 0 Å². The van der Waals surface area contributed by atoms with Gasteiger partial charge in [0.15, 0.2) is 11.6 Å². The summed E-state index contributed by atoms with van der Waals surface area (Å²) in [6, 6.07) is 3.49. The zero-order chi connectivity index (χ0) is 28.1. The minimum atomic E-state index is -1.36. The maximum Gasteiger partial charge on any atom is 0.160 e. The molecular weight excluding hydrogens is 473 g/mol. The molecular formula is C27H39F3N2O4. The van der Waals surface area contributed by atoms with E-state index in [1.807, 2.05) is 20.5 Å². The number of carbonyl (C=O) groups excluding carboxylic acids is 2. The molecule has 6 nitrogen and oxygen atoms in total. The smallest absolute Gasteiger partial charge is 0.160 e. The van der Waals surface area contributed by atoms with Gasteiger partial charge in [-0.2, -0.15) is 0 Å². The number of aliphatic hydroxyl groups excluding tert-OH is 1. The van der Waals surface area contributed by atoms with Crippen molar-refractivity contribution in [2.75, 3.05) is 25.5 Å². The van der Waals surface area contributed by atoms with Crippen molar-refractivity contribution in [1.29, 1.82) is 0 Å². The molecule has 1 saturated heterocycles. The number of ether oxygens (including phenoxy) is 1. The van der Waals surface area contributed by atoms with Crippen molar-refractivity contribution in [2.45, 2.75) is 52.3 Å². The molecule has 202 valence electrons. The van der Waals surface area contributed by atoms with Crippen LogP contribution in [-0.4, -0.2) is 56.1 Å². The third kappa shape index (κ3) is 12.9. The molecule has 2 N–H and O–H groups in total. The Morgan fingerprint density at radius 3 is 2.36 bits per heavy atom. The molecule has 9 heteroatoms. The first-order valence-electron chi connectivity index (χ1n) is 11.4. The average Bonchev–Trinajstić information content (AvgIpc) is 3.04. The average molecular weight is 513 g/mol. The van der Waals surface area contributed by atoms with Gasteiger partial charge in [0.1, 0.15) is 26.0 Å². The predicted octanol–water partition coefficient (Wildman–Crippen LogP) is 5.72. The number of benzene rings is 1. The highest BCUT2D eigenvalue weighted by atomic mass is 19.2. The second-order valence-corrected chi connectivity index (χ2v) is 7.49. The normalized spacial score (nSPS) is 17.8. The Morgan fingerprint density at radius 2 is 1.83 bits per heavy atom. The van der Waals surface area contributed by atoms with E-state index < -0.39 is 23.9 Å². The summed E-state index contributed by atoms with van der Waals surface area (Å²) in [5.41, 5.74) is 2.07. The molecule has 0 saturated carbocycles. The lowest BCUT2D eigenvalue weighted by molar-refractivity contribution is -0.0987. The lowest BCUT2D eigenvalue weighted by Gasteiger charge is -2.25. The zero-order valence-electron chi connectivity index (χ0n) is 21.6. The van der Waals surface area contributed by atoms with E-state index in [9.17, 15) is 18.3 Å². The quantitative estimate of drug-likeness (QED) is 0.359. The van der Waals surface area contributed by atoms with Crippen LogP contribution in [0.1, 0.15) is 40.0 Å². The van der Waals surface area contributed by atoms with Crippen LogP contribution in [0.2, 0.25) is 0 Å². The fourth-order valence-corrected chi connectivity index (χ4v) is 3.05. The standard InChI is InChI=1S/C22H27F3N2O2.C3H8.2CH2O/c1-4-6-16(15(2)26-17-8-9-19(23)20(24)12-17)11-18(14-29-3)27-10-5-7-22(28)21(25)13-27;1-3-2;2*1-2/h4,6,8-9,11-12,14,21-22,26,28H,2,5,7,10,13H2,1,3H3;3H2,1-2H3;2*1H2/b6-4-,16-11+,18-14-;;;. The van der Waals surface area contributed by atoms with Crippen molar-refractivity contribution in [3.63, 3.8) is 0 Å². The number of likely N-dealkylation sites (tertiary alicyclic amines) is 1. The second-order valence-electron chi connectivity index (χ2n) is 7.49. The number of aliphatic hydroxyl groups is 1. The molecule has 0 radical (unpaired) electrons. The molecule has 0 amide bonds. The number of alkyl halides is 1. The van der Waals surface area contributed by atoms with E-state index in [4.69, 9.17) is 14.3 Å². The lowest BCUT2D eigenvalue weighted by Crippen LogP contribution is -2.32. The molecule has 0 spiro atoms. The van der Waals surface area contributed by atoms with Gasteiger partial charge >= 0.3 is 0 Å². The molecule has 1 aromatic rings. The van der Waals surface area contributed by atoms with Gasteiger partial charge in [-0.1, -0.05) is 39.0 Å². The summed E-state index contributed by atoms with van der Waals surface area (Å²) in [5, 5.41) is 12.7. The topological polar surface area (TPSA) is 78.9 Å². The Morgan fingerprint density at radius 1 is 1.22 bits per heavy atom. The molecule has 2 rings (SSSR count). The molecule has 0 aromatic heterocycles. The van der Waals surface area contributed by atoms with Crippen LogP contribution in [0.4, 0.5) is 18.9 Å². The van der Waals surface area contributed by atoms with Crippen LogP contribution in [0, 0.1) is 11.6 Å². The van der Waals surface area contributed by atoms with Crippen molar-refractivity contribution >= 4 is 19.3 Å². The molecule has 0 aliphatic carbocycles. The number of rotatable bonds is 7. The minimum absolute atomic E-state index is 0.0407. The summed E-state index contributed by atoms with van der Waals surface area (Å²) in [7, 11) is 1.50. The van der Waals surface area contributed by atoms with E-state index in [-0.39, 0.29) is 6.54 Å². The number of nitrogens with one attached hydrogen (secondary N) is 1. The Hall–Kier alpha value is -3.33. The first-order valence-corrected chi connectivity index (χ1v) is 11.4. The Kier molecular flexibility index (Phi) is 20.3. The van der Waals surface area contributed by atoms with Crippen LogP contribution in [0.25, 0.3) is 0 Å². The van der Waals surface area contributed by atoms with Crippen molar-refractivity contribution < 1.29 is 32.6 Å². The van der Waals surface area contributed by atoms with Gasteiger partial charge in [0.05, 0.1) is 25.5 Å². The number of hydrogen-bond donors (Lipinski definition) is 2. The highest BCUT2D eigenvalue weighted by Crippen LogP contribution is 2.23. The molecule has 1 aromatic carbocycles. The summed E-state index contributed by atoms with van der Waals surface area (Å²) < 4.78 is 46.0. The van der Waals surface area contributed by atoms with Crippen molar-refractivity contribution in [2.24, 2.45) is 0 Å². The second kappa shape index (κ2) is 21.0. The monoisotopic (exact) mass is 512 g/mol. The van der Waals surface area contributed by atoms with E-state index in [0.29, 0.717) is 42.0 Å². The van der Waals surface area contributed by atoms with Crippen LogP contribution in [0.15, 0.2) is 66.2 Å². The van der Waals surface area contributed by atoms with E-state index in [2.05, 4.69) is 25.7 Å². The number of nitrogens with zero attached hydrogens (tertiary/aromatic N) is 1. The highest BCUT2D eigenvalue weighted by Gasteiger charge is 2.26. The predicted molar refractivity (Wildman–Crippen MR) is 139 cm³/mol. The zero-order valence-corrected chi connectivity index (χ0v) is 21.6. The van der Waals surface area contributed by atoms with Crippen LogP contribution in [0.3, 0.4) is 0 Å². The van der Waals surface area contributed by atoms with Crippen LogP contribution in [-0.2, 0) is 14.3 Å².